The minimum absolute atomic E-state index is 0.00219. The van der Waals surface area contributed by atoms with E-state index in [-0.39, 0.29) is 16.5 Å². The summed E-state index contributed by atoms with van der Waals surface area (Å²) < 4.78 is 37.5. The van der Waals surface area contributed by atoms with E-state index in [9.17, 15) is 12.8 Å². The van der Waals surface area contributed by atoms with Crippen LogP contribution in [0.2, 0.25) is 0 Å². The molecule has 0 aliphatic rings. The van der Waals surface area contributed by atoms with Gasteiger partial charge < -0.3 is 5.73 Å². The van der Waals surface area contributed by atoms with Crippen LogP contribution in [0.1, 0.15) is 5.56 Å². The molecule has 6 heteroatoms. The van der Waals surface area contributed by atoms with Crippen LogP contribution in [0.3, 0.4) is 0 Å². The van der Waals surface area contributed by atoms with Crippen LogP contribution < -0.4 is 5.73 Å². The van der Waals surface area contributed by atoms with E-state index in [2.05, 4.69) is 0 Å². The van der Waals surface area contributed by atoms with Gasteiger partial charge in [-0.05, 0) is 35.9 Å². The normalized spacial score (nSPS) is 11.5. The van der Waals surface area contributed by atoms with Crippen LogP contribution in [-0.4, -0.2) is 19.9 Å². The Labute approximate surface area is 128 Å². The molecule has 0 aliphatic heterocycles. The maximum Gasteiger partial charge on any atom is 0.179 e. The lowest BCUT2D eigenvalue weighted by molar-refractivity contribution is 0.597. The van der Waals surface area contributed by atoms with Crippen LogP contribution in [-0.2, 0) is 16.4 Å². The summed E-state index contributed by atoms with van der Waals surface area (Å²) in [5.74, 6) is 0.0550. The number of hydrogen-bond acceptors (Lipinski definition) is 4. The van der Waals surface area contributed by atoms with E-state index in [1.165, 1.54) is 23.9 Å². The lowest BCUT2D eigenvalue weighted by Crippen LogP contribution is -2.09. The second-order valence-electron chi connectivity index (χ2n) is 4.48. The summed E-state index contributed by atoms with van der Waals surface area (Å²) in [4.78, 5) is 1.01. The maximum atomic E-state index is 13.0. The molecule has 0 saturated heterocycles. The topological polar surface area (TPSA) is 60.2 Å². The zero-order chi connectivity index (χ0) is 15.3. The Morgan fingerprint density at radius 2 is 1.86 bits per heavy atom. The first-order valence-electron chi connectivity index (χ1n) is 6.41. The van der Waals surface area contributed by atoms with Gasteiger partial charge in [-0.3, -0.25) is 0 Å². The third-order valence-corrected chi connectivity index (χ3v) is 5.88. The Morgan fingerprint density at radius 3 is 2.57 bits per heavy atom. The van der Waals surface area contributed by atoms with Crippen LogP contribution in [0, 0.1) is 5.82 Å². The van der Waals surface area contributed by atoms with Crippen LogP contribution in [0.25, 0.3) is 0 Å². The highest BCUT2D eigenvalue weighted by atomic mass is 32.2. The third-order valence-electron chi connectivity index (χ3n) is 2.91. The molecule has 0 aromatic heterocycles. The lowest BCUT2D eigenvalue weighted by Gasteiger charge is -2.06. The molecule has 112 valence electrons. The molecule has 0 bridgehead atoms. The molecule has 2 N–H and O–H groups in total. The van der Waals surface area contributed by atoms with E-state index in [1.807, 2.05) is 0 Å². The van der Waals surface area contributed by atoms with Gasteiger partial charge in [0.25, 0.3) is 0 Å². The monoisotopic (exact) mass is 325 g/mol. The Hall–Kier alpha value is -1.37. The summed E-state index contributed by atoms with van der Waals surface area (Å²) in [6.07, 6.45) is 0. The molecular formula is C15H16FNO2S2. The van der Waals surface area contributed by atoms with Crippen molar-refractivity contribution in [3.63, 3.8) is 0 Å². The molecule has 0 aliphatic carbocycles. The average molecular weight is 325 g/mol. The zero-order valence-corrected chi connectivity index (χ0v) is 13.0. The summed E-state index contributed by atoms with van der Waals surface area (Å²) in [6.45, 7) is 0.307. The molecular weight excluding hydrogens is 309 g/mol. The van der Waals surface area contributed by atoms with E-state index in [4.69, 9.17) is 5.73 Å². The molecule has 2 aromatic carbocycles. The summed E-state index contributed by atoms with van der Waals surface area (Å²) in [5, 5.41) is 0. The van der Waals surface area contributed by atoms with Gasteiger partial charge in [0.15, 0.2) is 9.84 Å². The molecule has 21 heavy (non-hydrogen) atoms. The fourth-order valence-electron chi connectivity index (χ4n) is 1.81. The van der Waals surface area contributed by atoms with Crippen molar-refractivity contribution in [1.29, 1.82) is 0 Å². The van der Waals surface area contributed by atoms with Gasteiger partial charge in [-0.25, -0.2) is 12.8 Å². The smallest absolute Gasteiger partial charge is 0.179 e. The van der Waals surface area contributed by atoms with E-state index < -0.39 is 9.84 Å². The standard InChI is InChI=1S/C15H16FNO2S2/c16-13-4-2-5-14(10-13)20-7-8-21(18,19)15-6-1-3-12(9-15)11-17/h1-6,9-10H,7-8,11,17H2. The fourth-order valence-corrected chi connectivity index (χ4v) is 4.48. The van der Waals surface area contributed by atoms with Gasteiger partial charge in [-0.2, -0.15) is 0 Å². The molecule has 0 fully saturated rings. The fraction of sp³-hybridized carbons (Fsp3) is 0.200. The molecule has 0 saturated carbocycles. The third kappa shape index (κ3) is 4.56. The molecule has 0 radical (unpaired) electrons. The predicted molar refractivity (Wildman–Crippen MR) is 83.5 cm³/mol. The number of hydrogen-bond donors (Lipinski definition) is 1. The van der Waals surface area contributed by atoms with Crippen molar-refractivity contribution >= 4 is 21.6 Å². The highest BCUT2D eigenvalue weighted by Crippen LogP contribution is 2.21. The van der Waals surface area contributed by atoms with E-state index in [1.54, 1.807) is 36.4 Å². The van der Waals surface area contributed by atoms with Gasteiger partial charge in [0, 0.05) is 17.2 Å². The molecule has 0 atom stereocenters. The first kappa shape index (κ1) is 16.0. The first-order valence-corrected chi connectivity index (χ1v) is 9.05. The lowest BCUT2D eigenvalue weighted by atomic mass is 10.2. The van der Waals surface area contributed by atoms with E-state index in [0.29, 0.717) is 12.3 Å². The van der Waals surface area contributed by atoms with Gasteiger partial charge in [0.1, 0.15) is 5.82 Å². The van der Waals surface area contributed by atoms with Crippen molar-refractivity contribution in [2.75, 3.05) is 11.5 Å². The van der Waals surface area contributed by atoms with Crippen LogP contribution >= 0.6 is 11.8 Å². The van der Waals surface area contributed by atoms with Crippen molar-refractivity contribution in [3.8, 4) is 0 Å². The Kier molecular flexibility index (Phi) is 5.39. The van der Waals surface area contributed by atoms with Crippen molar-refractivity contribution < 1.29 is 12.8 Å². The Morgan fingerprint density at radius 1 is 1.10 bits per heavy atom. The molecule has 0 unspecified atom stereocenters. The number of rotatable bonds is 6. The van der Waals surface area contributed by atoms with Crippen LogP contribution in [0.15, 0.2) is 58.3 Å². The van der Waals surface area contributed by atoms with Crippen molar-refractivity contribution in [1.82, 2.24) is 0 Å². The zero-order valence-electron chi connectivity index (χ0n) is 11.3. The molecule has 2 rings (SSSR count). The first-order chi connectivity index (χ1) is 10.0. The minimum Gasteiger partial charge on any atom is -0.326 e. The highest BCUT2D eigenvalue weighted by Gasteiger charge is 2.14. The number of nitrogens with two attached hydrogens (primary N) is 1. The van der Waals surface area contributed by atoms with Gasteiger partial charge >= 0.3 is 0 Å². The summed E-state index contributed by atoms with van der Waals surface area (Å²) in [5.41, 5.74) is 6.30. The molecule has 0 amide bonds. The van der Waals surface area contributed by atoms with Gasteiger partial charge in [0.2, 0.25) is 0 Å². The summed E-state index contributed by atoms with van der Waals surface area (Å²) in [7, 11) is -3.34. The molecule has 3 nitrogen and oxygen atoms in total. The Balaban J connectivity index is 2.01. The highest BCUT2D eigenvalue weighted by molar-refractivity contribution is 8.00. The van der Waals surface area contributed by atoms with E-state index >= 15 is 0 Å². The molecule has 0 spiro atoms. The quantitative estimate of drug-likeness (QED) is 0.830. The second-order valence-corrected chi connectivity index (χ2v) is 7.75. The number of halogens is 1. The SMILES string of the molecule is NCc1cccc(S(=O)(=O)CCSc2cccc(F)c2)c1. The number of benzene rings is 2. The van der Waals surface area contributed by atoms with Gasteiger partial charge in [-0.15, -0.1) is 11.8 Å². The Bertz CT molecular complexity index is 717. The number of thioether (sulfide) groups is 1. The molecule has 2 aromatic rings. The van der Waals surface area contributed by atoms with Crippen LogP contribution in [0.5, 0.6) is 0 Å². The minimum atomic E-state index is -3.34. The van der Waals surface area contributed by atoms with Crippen LogP contribution in [0.4, 0.5) is 4.39 Å². The second kappa shape index (κ2) is 7.06. The average Bonchev–Trinajstić information content (AvgIpc) is 2.47. The van der Waals surface area contributed by atoms with E-state index in [0.717, 1.165) is 10.5 Å². The van der Waals surface area contributed by atoms with Crippen molar-refractivity contribution in [2.45, 2.75) is 16.3 Å². The summed E-state index contributed by atoms with van der Waals surface area (Å²) >= 11 is 1.32. The van der Waals surface area contributed by atoms with Gasteiger partial charge in [-0.1, -0.05) is 18.2 Å². The predicted octanol–water partition coefficient (Wildman–Crippen LogP) is 2.85. The van der Waals surface area contributed by atoms with Crippen molar-refractivity contribution in [3.05, 3.63) is 59.9 Å². The maximum absolute atomic E-state index is 13.0. The largest absolute Gasteiger partial charge is 0.326 e. The summed E-state index contributed by atoms with van der Waals surface area (Å²) in [6, 6.07) is 12.8. The number of sulfone groups is 1. The molecule has 0 heterocycles. The van der Waals surface area contributed by atoms with Gasteiger partial charge in [0.05, 0.1) is 10.6 Å². The van der Waals surface area contributed by atoms with Crippen molar-refractivity contribution in [2.24, 2.45) is 5.73 Å².